The van der Waals surface area contributed by atoms with Crippen LogP contribution in [0.1, 0.15) is 28.7 Å². The second-order valence-electron chi connectivity index (χ2n) is 16.5. The first-order chi connectivity index (χ1) is 32.3. The predicted molar refractivity (Wildman–Crippen MR) is 259 cm³/mol. The predicted octanol–water partition coefficient (Wildman–Crippen LogP) is 4.26. The van der Waals surface area contributed by atoms with Crippen molar-refractivity contribution in [2.45, 2.75) is 53.7 Å². The van der Waals surface area contributed by atoms with Gasteiger partial charge in [-0.15, -0.1) is 0 Å². The smallest absolute Gasteiger partial charge is 0.243 e. The van der Waals surface area contributed by atoms with Crippen LogP contribution in [0.4, 0.5) is 0 Å². The van der Waals surface area contributed by atoms with Crippen molar-refractivity contribution in [2.24, 2.45) is 0 Å². The summed E-state index contributed by atoms with van der Waals surface area (Å²) in [5, 5.41) is 9.58. The average Bonchev–Trinajstić information content (AvgIpc) is 3.30. The van der Waals surface area contributed by atoms with Crippen molar-refractivity contribution >= 4 is 40.1 Å². The fourth-order valence-electron chi connectivity index (χ4n) is 7.20. The van der Waals surface area contributed by atoms with Crippen LogP contribution in [0.5, 0.6) is 0 Å². The molecular weight excluding hydrogens is 953 g/mol. The number of rotatable bonds is 10. The van der Waals surface area contributed by atoms with Crippen molar-refractivity contribution in [1.82, 2.24) is 22.1 Å². The minimum absolute atomic E-state index is 0.0356. The number of sulfonamides is 4. The average molecular weight is 1020 g/mol. The first kappa shape index (κ1) is 54.8. The minimum Gasteiger partial charge on any atom is -0.379 e. The number of ether oxygens (including phenoxy) is 3. The Labute approximate surface area is 404 Å². The maximum Gasteiger partial charge on any atom is 0.243 e. The van der Waals surface area contributed by atoms with Gasteiger partial charge in [0, 0.05) is 78.4 Å². The molecule has 0 saturated carbocycles. The van der Waals surface area contributed by atoms with E-state index in [1.165, 1.54) is 65.8 Å². The van der Waals surface area contributed by atoms with Crippen molar-refractivity contribution in [1.29, 1.82) is 5.26 Å². The summed E-state index contributed by atoms with van der Waals surface area (Å²) in [7, 11) is -16.2. The highest BCUT2D eigenvalue weighted by atomic mass is 32.2. The van der Waals surface area contributed by atoms with Gasteiger partial charge in [0.15, 0.2) is 0 Å². The lowest BCUT2D eigenvalue weighted by molar-refractivity contribution is 0.0820. The summed E-state index contributed by atoms with van der Waals surface area (Å²) in [5.41, 5.74) is 3.50. The number of aryl methyl sites for hydroxylation is 4. The van der Waals surface area contributed by atoms with Gasteiger partial charge in [-0.1, -0.05) is 70.8 Å². The molecule has 0 N–H and O–H groups in total. The van der Waals surface area contributed by atoms with Gasteiger partial charge in [-0.3, -0.25) is 4.90 Å². The summed E-state index contributed by atoms with van der Waals surface area (Å²) in [6.45, 7) is 6.70. The summed E-state index contributed by atoms with van der Waals surface area (Å²) < 4.78 is 135. The molecular formula is C47H64N6O11S4. The van der Waals surface area contributed by atoms with E-state index in [4.69, 9.17) is 14.2 Å². The summed E-state index contributed by atoms with van der Waals surface area (Å²) in [6.07, 6.45) is 0.0939. The number of hydrogen-bond acceptors (Lipinski definition) is 13. The van der Waals surface area contributed by atoms with Crippen molar-refractivity contribution < 1.29 is 47.9 Å². The van der Waals surface area contributed by atoms with E-state index >= 15 is 0 Å². The van der Waals surface area contributed by atoms with Crippen LogP contribution in [0, 0.1) is 39.0 Å². The van der Waals surface area contributed by atoms with Crippen LogP contribution in [-0.4, -0.2) is 167 Å². The molecule has 1 aliphatic heterocycles. The van der Waals surface area contributed by atoms with Gasteiger partial charge < -0.3 is 14.2 Å². The van der Waals surface area contributed by atoms with Gasteiger partial charge in [0.1, 0.15) is 0 Å². The normalized spacial score (nSPS) is 18.3. The zero-order valence-corrected chi connectivity index (χ0v) is 42.5. The van der Waals surface area contributed by atoms with Crippen molar-refractivity contribution in [3.8, 4) is 6.07 Å². The van der Waals surface area contributed by atoms with E-state index in [-0.39, 0.29) is 138 Å². The first-order valence-corrected chi connectivity index (χ1v) is 28.2. The number of hydrogen-bond donors (Lipinski definition) is 0. The molecule has 0 bridgehead atoms. The molecule has 0 unspecified atom stereocenters. The van der Waals surface area contributed by atoms with Gasteiger partial charge in [0.2, 0.25) is 40.1 Å². The zero-order chi connectivity index (χ0) is 49.4. The van der Waals surface area contributed by atoms with Crippen LogP contribution in [0.15, 0.2) is 117 Å². The summed E-state index contributed by atoms with van der Waals surface area (Å²) in [4.78, 5) is 2.11. The molecule has 17 nitrogen and oxygen atoms in total. The largest absolute Gasteiger partial charge is 0.379 e. The van der Waals surface area contributed by atoms with E-state index in [0.29, 0.717) is 0 Å². The third-order valence-electron chi connectivity index (χ3n) is 11.4. The van der Waals surface area contributed by atoms with Gasteiger partial charge >= 0.3 is 0 Å². The zero-order valence-electron chi connectivity index (χ0n) is 39.3. The monoisotopic (exact) mass is 1020 g/mol. The lowest BCUT2D eigenvalue weighted by Crippen LogP contribution is -2.44. The molecule has 1 heterocycles. The van der Waals surface area contributed by atoms with Crippen molar-refractivity contribution in [2.75, 3.05) is 112 Å². The molecule has 0 spiro atoms. The number of nitriles is 1. The lowest BCUT2D eigenvalue weighted by atomic mass is 10.2. The second kappa shape index (κ2) is 25.6. The van der Waals surface area contributed by atoms with Crippen LogP contribution in [0.25, 0.3) is 0 Å². The first-order valence-electron chi connectivity index (χ1n) is 22.5. The molecule has 68 heavy (non-hydrogen) atoms. The molecule has 21 heteroatoms. The number of nitrogens with zero attached hydrogens (tertiary/aromatic N) is 6. The molecule has 372 valence electrons. The Morgan fingerprint density at radius 3 is 0.824 bits per heavy atom. The van der Waals surface area contributed by atoms with E-state index in [9.17, 15) is 38.9 Å². The lowest BCUT2D eigenvalue weighted by Gasteiger charge is -2.29. The van der Waals surface area contributed by atoms with Gasteiger partial charge in [-0.2, -0.15) is 22.5 Å². The molecule has 1 fully saturated rings. The number of benzene rings is 4. The molecule has 0 aromatic heterocycles. The molecule has 5 rings (SSSR count). The Balaban J connectivity index is 1.44. The van der Waals surface area contributed by atoms with E-state index in [2.05, 4.69) is 6.07 Å². The third kappa shape index (κ3) is 15.4. The highest BCUT2D eigenvalue weighted by Gasteiger charge is 2.30. The third-order valence-corrected chi connectivity index (χ3v) is 19.1. The van der Waals surface area contributed by atoms with Crippen LogP contribution >= 0.6 is 0 Å². The summed E-state index contributed by atoms with van der Waals surface area (Å²) in [5.74, 6) is 0. The standard InChI is InChI=1S/C47H64N6O11S4/c1-40-6-14-44(15-7-40)65(54,55)50-26-24-49(23-5-22-48)25-27-51(66(56,57)45-16-8-41(2)9-17-45)29-35-63-37-31-53(68(60,61)47-20-12-43(4)13-21-47)33-39-64-38-32-52(30-36-62-34-28-50)67(58,59)46-18-10-42(3)11-19-46/h6-21H,5,23-39H2,1-4H3. The maximum absolute atomic E-state index is 14.2. The molecule has 0 aliphatic carbocycles. The Morgan fingerprint density at radius 2 is 0.603 bits per heavy atom. The van der Waals surface area contributed by atoms with Gasteiger partial charge in [-0.25, -0.2) is 33.7 Å². The van der Waals surface area contributed by atoms with Crippen molar-refractivity contribution in [3.05, 3.63) is 119 Å². The molecule has 1 aliphatic rings. The molecule has 4 aromatic carbocycles. The van der Waals surface area contributed by atoms with Crippen LogP contribution in [0.2, 0.25) is 0 Å². The van der Waals surface area contributed by atoms with Gasteiger partial charge in [0.25, 0.3) is 0 Å². The fourth-order valence-corrected chi connectivity index (χ4v) is 12.8. The molecule has 0 atom stereocenters. The van der Waals surface area contributed by atoms with Gasteiger partial charge in [-0.05, 0) is 76.2 Å². The van der Waals surface area contributed by atoms with E-state index in [0.717, 1.165) is 22.3 Å². The van der Waals surface area contributed by atoms with Crippen LogP contribution < -0.4 is 0 Å². The molecule has 0 amide bonds. The van der Waals surface area contributed by atoms with E-state index in [1.54, 1.807) is 48.5 Å². The fraction of sp³-hybridized carbons (Fsp3) is 0.468. The molecule has 0 radical (unpaired) electrons. The van der Waals surface area contributed by atoms with Crippen molar-refractivity contribution in [3.63, 3.8) is 0 Å². The summed E-state index contributed by atoms with van der Waals surface area (Å²) >= 11 is 0. The van der Waals surface area contributed by atoms with E-state index < -0.39 is 40.1 Å². The quantitative estimate of drug-likeness (QED) is 0.218. The SMILES string of the molecule is Cc1ccc(S(=O)(=O)N2CCOCCN(S(=O)(=O)c3ccc(C)cc3)CCOCCN(S(=O)(=O)c3ccc(C)cc3)CCN(CCC#N)CCN(S(=O)(=O)c3ccc(C)cc3)CCOCC2)cc1. The minimum atomic E-state index is -4.08. The Hall–Kier alpha value is -4.15. The van der Waals surface area contributed by atoms with E-state index in [1.807, 2.05) is 32.6 Å². The Kier molecular flexibility index (Phi) is 20.7. The molecule has 4 aromatic rings. The highest BCUT2D eigenvalue weighted by molar-refractivity contribution is 7.90. The van der Waals surface area contributed by atoms with Gasteiger partial charge in [0.05, 0.1) is 65.3 Å². The maximum atomic E-state index is 14.2. The topological polar surface area (TPSA) is 204 Å². The Bertz CT molecular complexity index is 2520. The molecule has 1 saturated heterocycles. The Morgan fingerprint density at radius 1 is 0.382 bits per heavy atom. The summed E-state index contributed by atoms with van der Waals surface area (Å²) in [6, 6.07) is 27.9. The van der Waals surface area contributed by atoms with Crippen LogP contribution in [-0.2, 0) is 54.3 Å². The van der Waals surface area contributed by atoms with Crippen LogP contribution in [0.3, 0.4) is 0 Å². The second-order valence-corrected chi connectivity index (χ2v) is 24.2. The highest BCUT2D eigenvalue weighted by Crippen LogP contribution is 2.21.